The zero-order valence-corrected chi connectivity index (χ0v) is 21.3. The number of nitrogens with one attached hydrogen (secondary N) is 2. The maximum absolute atomic E-state index is 12.4. The van der Waals surface area contributed by atoms with Gasteiger partial charge >= 0.3 is 4.87 Å². The fraction of sp³-hybridized carbons (Fsp3) is 0.407. The topological polar surface area (TPSA) is 80.4 Å². The van der Waals surface area contributed by atoms with E-state index in [1.165, 1.54) is 30.6 Å². The van der Waals surface area contributed by atoms with Crippen LogP contribution in [0.25, 0.3) is 0 Å². The molecule has 182 valence electrons. The van der Waals surface area contributed by atoms with Crippen molar-refractivity contribution in [3.8, 4) is 11.5 Å². The lowest BCUT2D eigenvalue weighted by atomic mass is 9.75. The van der Waals surface area contributed by atoms with E-state index in [1.54, 1.807) is 7.11 Å². The van der Waals surface area contributed by atoms with Gasteiger partial charge in [0, 0.05) is 21.7 Å². The van der Waals surface area contributed by atoms with Gasteiger partial charge in [0.1, 0.15) is 0 Å². The first-order valence-corrected chi connectivity index (χ1v) is 13.8. The molecule has 3 aromatic rings. The second kappa shape index (κ2) is 9.06. The number of aromatic nitrogens is 1. The van der Waals surface area contributed by atoms with Gasteiger partial charge in [-0.15, -0.1) is 11.8 Å². The molecule has 6 rings (SSSR count). The van der Waals surface area contributed by atoms with Crippen LogP contribution in [0.3, 0.4) is 0 Å². The largest absolute Gasteiger partial charge is 0.493 e. The molecule has 2 N–H and O–H groups in total. The third kappa shape index (κ3) is 4.16. The maximum atomic E-state index is 12.4. The smallest absolute Gasteiger partial charge is 0.305 e. The Labute approximate surface area is 212 Å². The van der Waals surface area contributed by atoms with Crippen LogP contribution in [0.15, 0.2) is 52.3 Å². The van der Waals surface area contributed by atoms with E-state index in [2.05, 4.69) is 16.4 Å². The van der Waals surface area contributed by atoms with Crippen LogP contribution in [0, 0.1) is 24.7 Å². The van der Waals surface area contributed by atoms with Crippen LogP contribution < -0.4 is 19.7 Å². The van der Waals surface area contributed by atoms with E-state index < -0.39 is 0 Å². The first-order chi connectivity index (χ1) is 17.0. The minimum absolute atomic E-state index is 0.0198. The van der Waals surface area contributed by atoms with Gasteiger partial charge in [-0.2, -0.15) is 0 Å². The predicted molar refractivity (Wildman–Crippen MR) is 139 cm³/mol. The van der Waals surface area contributed by atoms with Crippen LogP contribution in [-0.4, -0.2) is 29.9 Å². The Morgan fingerprint density at radius 1 is 1.14 bits per heavy atom. The number of thioether (sulfide) groups is 1. The molecule has 1 aromatic heterocycles. The highest BCUT2D eigenvalue weighted by molar-refractivity contribution is 8.00. The lowest BCUT2D eigenvalue weighted by Gasteiger charge is -2.40. The second-order valence-electron chi connectivity index (χ2n) is 9.80. The van der Waals surface area contributed by atoms with E-state index in [1.807, 2.05) is 55.1 Å². The fourth-order valence-corrected chi connectivity index (χ4v) is 9.18. The molecule has 2 aliphatic carbocycles. The summed E-state index contributed by atoms with van der Waals surface area (Å²) >= 11 is 3.24. The van der Waals surface area contributed by atoms with Gasteiger partial charge in [-0.1, -0.05) is 29.5 Å². The first-order valence-electron chi connectivity index (χ1n) is 12.1. The number of carbonyl (C=O) groups excluding carboxylic acids is 1. The van der Waals surface area contributed by atoms with Gasteiger partial charge in [0.25, 0.3) is 5.91 Å². The van der Waals surface area contributed by atoms with Crippen LogP contribution in [0.1, 0.15) is 41.2 Å². The average Bonchev–Trinajstić information content (AvgIpc) is 3.55. The first kappa shape index (κ1) is 22.7. The Morgan fingerprint density at radius 3 is 2.83 bits per heavy atom. The highest BCUT2D eigenvalue weighted by Gasteiger charge is 2.54. The molecule has 1 amide bonds. The summed E-state index contributed by atoms with van der Waals surface area (Å²) < 4.78 is 11.5. The van der Waals surface area contributed by atoms with Crippen molar-refractivity contribution in [2.45, 2.75) is 42.4 Å². The Hall–Kier alpha value is -2.71. The Bertz CT molecular complexity index is 1330. The monoisotopic (exact) mass is 508 g/mol. The van der Waals surface area contributed by atoms with Crippen molar-refractivity contribution in [3.05, 3.63) is 68.1 Å². The molecule has 0 spiro atoms. The average molecular weight is 509 g/mol. The lowest BCUT2D eigenvalue weighted by molar-refractivity contribution is -0.118. The molecule has 2 saturated carbocycles. The molecule has 2 aromatic carbocycles. The minimum atomic E-state index is -0.224. The van der Waals surface area contributed by atoms with E-state index in [-0.39, 0.29) is 23.3 Å². The molecule has 35 heavy (non-hydrogen) atoms. The number of benzene rings is 2. The number of aryl methyl sites for hydroxylation is 1. The third-order valence-electron chi connectivity index (χ3n) is 7.67. The zero-order valence-electron chi connectivity index (χ0n) is 19.7. The maximum Gasteiger partial charge on any atom is 0.305 e. The van der Waals surface area contributed by atoms with Gasteiger partial charge in [-0.05, 0) is 79.3 Å². The summed E-state index contributed by atoms with van der Waals surface area (Å²) in [6.45, 7) is 1.87. The van der Waals surface area contributed by atoms with Crippen LogP contribution in [0.4, 0.5) is 5.69 Å². The molecule has 2 heterocycles. The van der Waals surface area contributed by atoms with Crippen molar-refractivity contribution in [1.82, 2.24) is 4.98 Å². The number of rotatable bonds is 6. The summed E-state index contributed by atoms with van der Waals surface area (Å²) in [6, 6.07) is 13.7. The molecule has 5 atom stereocenters. The molecule has 4 unspecified atom stereocenters. The lowest BCUT2D eigenvalue weighted by Crippen LogP contribution is -2.33. The van der Waals surface area contributed by atoms with Crippen molar-refractivity contribution in [2.24, 2.45) is 17.8 Å². The van der Waals surface area contributed by atoms with Crippen LogP contribution in [0.2, 0.25) is 0 Å². The van der Waals surface area contributed by atoms with E-state index in [0.29, 0.717) is 28.6 Å². The molecular weight excluding hydrogens is 480 g/mol. The molecule has 2 bridgehead atoms. The van der Waals surface area contributed by atoms with Crippen LogP contribution >= 0.6 is 23.1 Å². The zero-order chi connectivity index (χ0) is 24.1. The number of aromatic amines is 1. The highest BCUT2D eigenvalue weighted by Crippen LogP contribution is 2.63. The number of anilines is 1. The summed E-state index contributed by atoms with van der Waals surface area (Å²) in [6.07, 6.45) is 3.88. The summed E-state index contributed by atoms with van der Waals surface area (Å²) in [7, 11) is 1.62. The Kier molecular flexibility index (Phi) is 5.89. The van der Waals surface area contributed by atoms with Crippen molar-refractivity contribution in [2.75, 3.05) is 19.0 Å². The van der Waals surface area contributed by atoms with E-state index in [9.17, 15) is 9.59 Å². The summed E-state index contributed by atoms with van der Waals surface area (Å²) in [5.74, 6) is 3.08. The number of hydrogen-bond acceptors (Lipinski definition) is 6. The number of thiazole rings is 1. The second-order valence-corrected chi connectivity index (χ2v) is 12.0. The third-order valence-corrected chi connectivity index (χ3v) is 10.3. The molecule has 0 radical (unpaired) electrons. The van der Waals surface area contributed by atoms with Gasteiger partial charge in [0.2, 0.25) is 0 Å². The molecule has 2 fully saturated rings. The fourth-order valence-electron chi connectivity index (χ4n) is 6.28. The van der Waals surface area contributed by atoms with Crippen molar-refractivity contribution in [1.29, 1.82) is 0 Å². The van der Waals surface area contributed by atoms with Crippen molar-refractivity contribution < 1.29 is 14.3 Å². The van der Waals surface area contributed by atoms with E-state index >= 15 is 0 Å². The highest BCUT2D eigenvalue weighted by atomic mass is 32.2. The van der Waals surface area contributed by atoms with Crippen molar-refractivity contribution in [3.63, 3.8) is 0 Å². The molecule has 6 nitrogen and oxygen atoms in total. The van der Waals surface area contributed by atoms with Gasteiger partial charge < -0.3 is 19.8 Å². The quantitative estimate of drug-likeness (QED) is 0.465. The number of amides is 1. The summed E-state index contributed by atoms with van der Waals surface area (Å²) in [4.78, 5) is 29.0. The number of ether oxygens (including phenoxy) is 2. The normalized spacial score (nSPS) is 26.2. The number of hydrogen-bond donors (Lipinski definition) is 2. The number of carbonyl (C=O) groups is 1. The molecule has 0 saturated heterocycles. The summed E-state index contributed by atoms with van der Waals surface area (Å²) in [5, 5.41) is 4.47. The summed E-state index contributed by atoms with van der Waals surface area (Å²) in [5.41, 5.74) is 2.98. The van der Waals surface area contributed by atoms with Crippen LogP contribution in [0.5, 0.6) is 11.5 Å². The predicted octanol–water partition coefficient (Wildman–Crippen LogP) is 5.42. The van der Waals surface area contributed by atoms with Gasteiger partial charge in [0.15, 0.2) is 18.1 Å². The van der Waals surface area contributed by atoms with E-state index in [4.69, 9.17) is 9.47 Å². The van der Waals surface area contributed by atoms with Crippen LogP contribution in [-0.2, 0) is 4.79 Å². The van der Waals surface area contributed by atoms with Gasteiger partial charge in [-0.3, -0.25) is 9.59 Å². The van der Waals surface area contributed by atoms with Gasteiger partial charge in [0.05, 0.1) is 12.1 Å². The van der Waals surface area contributed by atoms with E-state index in [0.717, 1.165) is 32.6 Å². The number of H-pyrrole nitrogens is 1. The van der Waals surface area contributed by atoms with Crippen molar-refractivity contribution >= 4 is 34.7 Å². The number of fused-ring (bicyclic) bond motifs is 6. The number of methoxy groups -OCH3 is 1. The minimum Gasteiger partial charge on any atom is -0.493 e. The Morgan fingerprint density at radius 2 is 2.00 bits per heavy atom. The standard InChI is InChI=1S/C27H28N2O4S2/c1-14-4-3-5-18(10-14)28-21(30)13-33-19-9-8-16(12-20(19)32-2)23-22-15-6-7-17(11-15)24(22)34-26-25(23)35-27(31)29-26/h3-5,8-10,12,15,17,22-24H,6-7,11,13H2,1-2H3,(H,28,30)(H,29,31)/t15?,17?,22?,23-,24?/m1/s1. The Balaban J connectivity index is 1.24. The van der Waals surface area contributed by atoms with Gasteiger partial charge in [-0.25, -0.2) is 0 Å². The molecule has 8 heteroatoms. The molecular formula is C27H28N2O4S2. The molecule has 3 aliphatic rings. The SMILES string of the molecule is COc1cc([C@H]2c3sc(=O)[nH]c3SC3C4CCC(C4)C32)ccc1OCC(=O)Nc1cccc(C)c1. The molecule has 1 aliphatic heterocycles.